The molecule has 100 valence electrons. The van der Waals surface area contributed by atoms with E-state index in [1.807, 2.05) is 0 Å². The zero-order valence-corrected chi connectivity index (χ0v) is 11.3. The number of nitrogens with one attached hydrogen (secondary N) is 1. The predicted molar refractivity (Wildman–Crippen MR) is 73.7 cm³/mol. The molecule has 1 aromatic carbocycles. The van der Waals surface area contributed by atoms with Gasteiger partial charge in [-0.25, -0.2) is 4.79 Å². The highest BCUT2D eigenvalue weighted by molar-refractivity contribution is 6.32. The molecule has 0 radical (unpaired) electrons. The van der Waals surface area contributed by atoms with Crippen molar-refractivity contribution in [3.63, 3.8) is 0 Å². The van der Waals surface area contributed by atoms with Gasteiger partial charge in [-0.05, 0) is 19.1 Å². The molecule has 1 heterocycles. The topological polar surface area (TPSA) is 85.2 Å². The number of carbonyl (C=O) groups excluding carboxylic acids is 2. The molecule has 0 aliphatic carbocycles. The van der Waals surface area contributed by atoms with Crippen LogP contribution in [0.3, 0.4) is 0 Å². The van der Waals surface area contributed by atoms with Crippen molar-refractivity contribution < 1.29 is 14.3 Å². The van der Waals surface area contributed by atoms with Crippen LogP contribution in [0, 0.1) is 0 Å². The standard InChI is InChI=1S/C13H13ClN2O3/c1-3-19-13(18)8-4-7(14)5-9-10(8)11(15)12(16-9)6(2)17/h4-5,16H,3,15H2,1-2H3. The number of fused-ring (bicyclic) bond motifs is 1. The lowest BCUT2D eigenvalue weighted by atomic mass is 10.1. The van der Waals surface area contributed by atoms with Gasteiger partial charge in [0.05, 0.1) is 23.4 Å². The minimum Gasteiger partial charge on any atom is -0.462 e. The highest BCUT2D eigenvalue weighted by Crippen LogP contribution is 2.31. The molecule has 0 spiro atoms. The summed E-state index contributed by atoms with van der Waals surface area (Å²) in [6, 6.07) is 3.10. The van der Waals surface area contributed by atoms with E-state index >= 15 is 0 Å². The molecule has 2 rings (SSSR count). The van der Waals surface area contributed by atoms with E-state index in [1.165, 1.54) is 13.0 Å². The first-order chi connectivity index (χ1) is 8.95. The average molecular weight is 281 g/mol. The largest absolute Gasteiger partial charge is 0.462 e. The summed E-state index contributed by atoms with van der Waals surface area (Å²) in [5.74, 6) is -0.726. The van der Waals surface area contributed by atoms with Crippen molar-refractivity contribution in [1.29, 1.82) is 0 Å². The van der Waals surface area contributed by atoms with E-state index in [1.54, 1.807) is 13.0 Å². The number of benzene rings is 1. The minimum atomic E-state index is -0.518. The number of aromatic amines is 1. The molecule has 0 fully saturated rings. The molecule has 5 nitrogen and oxygen atoms in total. The Bertz CT molecular complexity index is 676. The van der Waals surface area contributed by atoms with E-state index < -0.39 is 5.97 Å². The zero-order chi connectivity index (χ0) is 14.2. The lowest BCUT2D eigenvalue weighted by Gasteiger charge is -2.05. The van der Waals surface area contributed by atoms with Gasteiger partial charge in [0.25, 0.3) is 0 Å². The first-order valence-corrected chi connectivity index (χ1v) is 6.12. The Morgan fingerprint density at radius 2 is 2.11 bits per heavy atom. The molecular formula is C13H13ClN2O3. The number of hydrogen-bond donors (Lipinski definition) is 2. The number of nitrogens with two attached hydrogens (primary N) is 1. The Kier molecular flexibility index (Phi) is 3.48. The van der Waals surface area contributed by atoms with Crippen LogP contribution in [0.15, 0.2) is 12.1 Å². The predicted octanol–water partition coefficient (Wildman–Crippen LogP) is 2.78. The maximum Gasteiger partial charge on any atom is 0.338 e. The Morgan fingerprint density at radius 3 is 2.68 bits per heavy atom. The minimum absolute atomic E-state index is 0.209. The van der Waals surface area contributed by atoms with Gasteiger partial charge in [-0.15, -0.1) is 0 Å². The molecule has 1 aromatic heterocycles. The van der Waals surface area contributed by atoms with Crippen LogP contribution in [-0.4, -0.2) is 23.3 Å². The third kappa shape index (κ3) is 2.29. The second-order valence-corrected chi connectivity index (χ2v) is 4.50. The number of rotatable bonds is 3. The second kappa shape index (κ2) is 4.93. The summed E-state index contributed by atoms with van der Waals surface area (Å²) >= 11 is 5.96. The summed E-state index contributed by atoms with van der Waals surface area (Å²) in [6.07, 6.45) is 0. The molecule has 0 saturated heterocycles. The lowest BCUT2D eigenvalue weighted by Crippen LogP contribution is -2.06. The van der Waals surface area contributed by atoms with Gasteiger partial charge in [0.15, 0.2) is 5.78 Å². The van der Waals surface area contributed by atoms with Crippen LogP contribution in [0.1, 0.15) is 34.7 Å². The summed E-state index contributed by atoms with van der Waals surface area (Å²) in [7, 11) is 0. The quantitative estimate of drug-likeness (QED) is 0.669. The Balaban J connectivity index is 2.76. The van der Waals surface area contributed by atoms with Gasteiger partial charge in [-0.1, -0.05) is 11.6 Å². The molecule has 0 atom stereocenters. The number of anilines is 1. The van der Waals surface area contributed by atoms with E-state index in [4.69, 9.17) is 22.1 Å². The number of ether oxygens (including phenoxy) is 1. The third-order valence-electron chi connectivity index (χ3n) is 2.75. The number of esters is 1. The van der Waals surface area contributed by atoms with E-state index in [2.05, 4.69) is 4.98 Å². The number of carbonyl (C=O) groups is 2. The van der Waals surface area contributed by atoms with Gasteiger partial charge in [-0.3, -0.25) is 4.79 Å². The maximum absolute atomic E-state index is 11.9. The lowest BCUT2D eigenvalue weighted by molar-refractivity contribution is 0.0528. The maximum atomic E-state index is 11.9. The number of H-pyrrole nitrogens is 1. The number of nitrogen functional groups attached to an aromatic ring is 1. The molecule has 0 aliphatic rings. The first-order valence-electron chi connectivity index (χ1n) is 5.74. The summed E-state index contributed by atoms with van der Waals surface area (Å²) < 4.78 is 4.96. The van der Waals surface area contributed by atoms with Crippen LogP contribution in [0.2, 0.25) is 5.02 Å². The zero-order valence-electron chi connectivity index (χ0n) is 10.5. The summed E-state index contributed by atoms with van der Waals surface area (Å²) in [6.45, 7) is 3.35. The Labute approximate surface area is 114 Å². The molecule has 6 heteroatoms. The van der Waals surface area contributed by atoms with E-state index in [-0.39, 0.29) is 29.3 Å². The molecule has 0 amide bonds. The molecule has 0 saturated carbocycles. The van der Waals surface area contributed by atoms with Crippen LogP contribution in [-0.2, 0) is 4.74 Å². The Morgan fingerprint density at radius 1 is 1.42 bits per heavy atom. The number of hydrogen-bond acceptors (Lipinski definition) is 4. The monoisotopic (exact) mass is 280 g/mol. The van der Waals surface area contributed by atoms with Crippen LogP contribution in [0.5, 0.6) is 0 Å². The van der Waals surface area contributed by atoms with Crippen molar-refractivity contribution in [2.75, 3.05) is 12.3 Å². The Hall–Kier alpha value is -2.01. The second-order valence-electron chi connectivity index (χ2n) is 4.07. The van der Waals surface area contributed by atoms with Crippen molar-refractivity contribution in [3.8, 4) is 0 Å². The number of aromatic nitrogens is 1. The molecule has 0 aliphatic heterocycles. The summed E-state index contributed by atoms with van der Waals surface area (Å²) in [4.78, 5) is 26.2. The molecule has 2 aromatic rings. The third-order valence-corrected chi connectivity index (χ3v) is 2.97. The first kappa shape index (κ1) is 13.4. The molecular weight excluding hydrogens is 268 g/mol. The fourth-order valence-electron chi connectivity index (χ4n) is 1.97. The van der Waals surface area contributed by atoms with Gasteiger partial charge in [0.1, 0.15) is 5.69 Å². The van der Waals surface area contributed by atoms with Gasteiger partial charge in [-0.2, -0.15) is 0 Å². The van der Waals surface area contributed by atoms with E-state index in [0.29, 0.717) is 15.9 Å². The molecule has 0 unspecified atom stereocenters. The average Bonchev–Trinajstić information content (AvgIpc) is 2.66. The van der Waals surface area contributed by atoms with Gasteiger partial charge >= 0.3 is 5.97 Å². The fraction of sp³-hybridized carbons (Fsp3) is 0.231. The molecule has 0 bridgehead atoms. The number of Topliss-reactive ketones (excluding diaryl/α,β-unsaturated/α-hetero) is 1. The highest BCUT2D eigenvalue weighted by Gasteiger charge is 2.20. The van der Waals surface area contributed by atoms with Crippen molar-refractivity contribution in [1.82, 2.24) is 4.98 Å². The fourth-order valence-corrected chi connectivity index (χ4v) is 2.19. The van der Waals surface area contributed by atoms with Crippen molar-refractivity contribution in [2.45, 2.75) is 13.8 Å². The van der Waals surface area contributed by atoms with Crippen molar-refractivity contribution in [2.24, 2.45) is 0 Å². The van der Waals surface area contributed by atoms with Crippen molar-refractivity contribution in [3.05, 3.63) is 28.4 Å². The van der Waals surface area contributed by atoms with Gasteiger partial charge in [0.2, 0.25) is 0 Å². The van der Waals surface area contributed by atoms with Crippen LogP contribution in [0.4, 0.5) is 5.69 Å². The van der Waals surface area contributed by atoms with E-state index in [0.717, 1.165) is 0 Å². The molecule has 19 heavy (non-hydrogen) atoms. The summed E-state index contributed by atoms with van der Waals surface area (Å²) in [5, 5.41) is 0.833. The van der Waals surface area contributed by atoms with E-state index in [9.17, 15) is 9.59 Å². The number of halogens is 1. The van der Waals surface area contributed by atoms with Gasteiger partial charge in [0, 0.05) is 17.3 Å². The van der Waals surface area contributed by atoms with Crippen LogP contribution < -0.4 is 5.73 Å². The van der Waals surface area contributed by atoms with Crippen LogP contribution >= 0.6 is 11.6 Å². The summed E-state index contributed by atoms with van der Waals surface area (Å²) in [5.41, 5.74) is 7.22. The normalized spacial score (nSPS) is 10.7. The van der Waals surface area contributed by atoms with Crippen LogP contribution in [0.25, 0.3) is 10.9 Å². The SMILES string of the molecule is CCOC(=O)c1cc(Cl)cc2[nH]c(C(C)=O)c(N)c12. The smallest absolute Gasteiger partial charge is 0.338 e. The number of ketones is 1. The molecule has 3 N–H and O–H groups in total. The van der Waals surface area contributed by atoms with Gasteiger partial charge < -0.3 is 15.5 Å². The van der Waals surface area contributed by atoms with Crippen molar-refractivity contribution >= 4 is 39.9 Å². The highest BCUT2D eigenvalue weighted by atomic mass is 35.5.